The highest BCUT2D eigenvalue weighted by Gasteiger charge is 2.17. The smallest absolute Gasteiger partial charge is 0.191 e. The van der Waals surface area contributed by atoms with E-state index in [0.29, 0.717) is 28.8 Å². The second kappa shape index (κ2) is 21.8. The second-order valence-electron chi connectivity index (χ2n) is 7.89. The second-order valence-corrected chi connectivity index (χ2v) is 8.96. The molecule has 2 aromatic rings. The molecule has 1 aliphatic heterocycles. The summed E-state index contributed by atoms with van der Waals surface area (Å²) in [5.74, 6) is 1.42. The van der Waals surface area contributed by atoms with Crippen LogP contribution >= 0.6 is 11.8 Å². The lowest BCUT2D eigenvalue weighted by Gasteiger charge is -2.35. The Morgan fingerprint density at radius 3 is 1.73 bits per heavy atom. The van der Waals surface area contributed by atoms with Crippen molar-refractivity contribution in [2.75, 3.05) is 77.1 Å². The molecule has 0 unspecified atom stereocenters. The van der Waals surface area contributed by atoms with Crippen LogP contribution in [0.4, 0.5) is 16.0 Å². The maximum atomic E-state index is 13.1. The number of thioether (sulfide) groups is 1. The highest BCUT2D eigenvalue weighted by atomic mass is 32.2. The molecule has 0 radical (unpaired) electrons. The summed E-state index contributed by atoms with van der Waals surface area (Å²) in [6, 6.07) is 6.29. The number of benzene rings is 1. The van der Waals surface area contributed by atoms with Gasteiger partial charge in [-0.25, -0.2) is 14.4 Å². The maximum absolute atomic E-state index is 13.1. The summed E-state index contributed by atoms with van der Waals surface area (Å²) >= 11 is 1.58. The third-order valence-corrected chi connectivity index (χ3v) is 6.14. The number of hydrogen-bond donors (Lipinski definition) is 2. The van der Waals surface area contributed by atoms with E-state index in [2.05, 4.69) is 38.8 Å². The van der Waals surface area contributed by atoms with Crippen molar-refractivity contribution in [3.8, 4) is 0 Å². The van der Waals surface area contributed by atoms with Crippen LogP contribution < -0.4 is 11.5 Å². The number of halogens is 1. The minimum absolute atomic E-state index is 0. The summed E-state index contributed by atoms with van der Waals surface area (Å²) in [6.07, 6.45) is 0.487. The van der Waals surface area contributed by atoms with Gasteiger partial charge in [-0.3, -0.25) is 9.80 Å². The average molecular weight is 560 g/mol. The van der Waals surface area contributed by atoms with Gasteiger partial charge in [0.1, 0.15) is 17.5 Å². The first-order valence-electron chi connectivity index (χ1n) is 10.3. The van der Waals surface area contributed by atoms with Crippen LogP contribution in [0.3, 0.4) is 0 Å². The average Bonchev–Trinajstić information content (AvgIpc) is 2.71. The van der Waals surface area contributed by atoms with Crippen molar-refractivity contribution in [2.24, 2.45) is 0 Å². The fourth-order valence-corrected chi connectivity index (χ4v) is 4.25. The molecule has 18 N–H and O–H groups in total. The molecule has 16 heteroatoms. The van der Waals surface area contributed by atoms with Crippen molar-refractivity contribution >= 4 is 23.4 Å². The molecule has 0 amide bonds. The lowest BCUT2D eigenvalue weighted by molar-refractivity contribution is 0.130. The third-order valence-electron chi connectivity index (χ3n) is 5.31. The van der Waals surface area contributed by atoms with Gasteiger partial charge in [0.05, 0.1) is 0 Å². The highest BCUT2D eigenvalue weighted by molar-refractivity contribution is 7.99. The number of rotatable bonds is 9. The van der Waals surface area contributed by atoms with Crippen molar-refractivity contribution in [1.29, 1.82) is 0 Å². The van der Waals surface area contributed by atoms with E-state index in [1.165, 1.54) is 12.1 Å². The molecular formula is C21H46FN7O7S. The Hall–Kier alpha value is -2.22. The van der Waals surface area contributed by atoms with E-state index in [1.54, 1.807) is 23.9 Å². The van der Waals surface area contributed by atoms with Crippen molar-refractivity contribution in [3.05, 3.63) is 41.2 Å². The van der Waals surface area contributed by atoms with E-state index in [9.17, 15) is 4.39 Å². The molecule has 0 bridgehead atoms. The zero-order chi connectivity index (χ0) is 21.5. The number of nitrogen functional groups attached to an aromatic ring is 2. The predicted octanol–water partition coefficient (Wildman–Crippen LogP) is -4.13. The van der Waals surface area contributed by atoms with Gasteiger partial charge in [-0.15, -0.1) is 0 Å². The number of hydrogen-bond acceptors (Lipinski definition) is 8. The number of nitrogens with zero attached hydrogens (tertiary/aromatic N) is 5. The van der Waals surface area contributed by atoms with E-state index in [4.69, 9.17) is 11.5 Å². The summed E-state index contributed by atoms with van der Waals surface area (Å²) in [5.41, 5.74) is 13.9. The van der Waals surface area contributed by atoms with Gasteiger partial charge >= 0.3 is 0 Å². The van der Waals surface area contributed by atoms with Gasteiger partial charge in [0.25, 0.3) is 0 Å². The Bertz CT molecular complexity index is 810. The predicted molar refractivity (Wildman–Crippen MR) is 148 cm³/mol. The zero-order valence-corrected chi connectivity index (χ0v) is 22.2. The summed E-state index contributed by atoms with van der Waals surface area (Å²) in [4.78, 5) is 16.1. The van der Waals surface area contributed by atoms with Gasteiger partial charge in [-0.1, -0.05) is 23.9 Å². The molecule has 37 heavy (non-hydrogen) atoms. The Morgan fingerprint density at radius 1 is 0.811 bits per heavy atom. The topological polar surface area (TPSA) is 308 Å². The van der Waals surface area contributed by atoms with Crippen LogP contribution in [0.15, 0.2) is 29.4 Å². The van der Waals surface area contributed by atoms with E-state index < -0.39 is 0 Å². The third kappa shape index (κ3) is 14.3. The molecule has 1 aromatic carbocycles. The van der Waals surface area contributed by atoms with Crippen LogP contribution in [-0.2, 0) is 6.42 Å². The first-order valence-corrected chi connectivity index (χ1v) is 11.3. The van der Waals surface area contributed by atoms with Gasteiger partial charge < -0.3 is 54.7 Å². The minimum Gasteiger partial charge on any atom is -0.412 e. The van der Waals surface area contributed by atoms with Crippen molar-refractivity contribution in [3.63, 3.8) is 0 Å². The molecule has 14 nitrogen and oxygen atoms in total. The zero-order valence-electron chi connectivity index (χ0n) is 21.4. The molecule has 1 fully saturated rings. The van der Waals surface area contributed by atoms with Crippen LogP contribution in [-0.4, -0.2) is 129 Å². The fourth-order valence-electron chi connectivity index (χ4n) is 3.39. The summed E-state index contributed by atoms with van der Waals surface area (Å²) < 4.78 is 13.1. The Morgan fingerprint density at radius 2 is 1.27 bits per heavy atom. The summed E-state index contributed by atoms with van der Waals surface area (Å²) in [7, 11) is 4.23. The van der Waals surface area contributed by atoms with E-state index >= 15 is 0 Å². The van der Waals surface area contributed by atoms with E-state index in [-0.39, 0.29) is 44.2 Å². The van der Waals surface area contributed by atoms with Gasteiger partial charge in [-0.05, 0) is 31.8 Å². The summed E-state index contributed by atoms with van der Waals surface area (Å²) in [6.45, 7) is 7.65. The van der Waals surface area contributed by atoms with Crippen LogP contribution in [0.2, 0.25) is 0 Å². The molecular weight excluding hydrogens is 513 g/mol. The Balaban J connectivity index is -0.000000488. The molecule has 0 spiro atoms. The number of likely N-dealkylation sites (N-methyl/N-ethyl adjacent to an activating group) is 1. The highest BCUT2D eigenvalue weighted by Crippen LogP contribution is 2.24. The Kier molecular flexibility index (Phi) is 26.4. The van der Waals surface area contributed by atoms with Crippen molar-refractivity contribution in [1.82, 2.24) is 24.7 Å². The lowest BCUT2D eigenvalue weighted by Crippen LogP contribution is -2.48. The minimum atomic E-state index is -0.266. The van der Waals surface area contributed by atoms with Gasteiger partial charge in [-0.2, -0.15) is 0 Å². The molecule has 0 saturated carbocycles. The number of nitrogens with two attached hydrogens (primary N) is 2. The molecule has 0 atom stereocenters. The van der Waals surface area contributed by atoms with E-state index in [1.807, 2.05) is 0 Å². The number of piperazine rings is 1. The Labute approximate surface area is 221 Å². The SMILES string of the molecule is CN(C)CCN1CCN(CCSc2nc(N)c(Cc3ccc(F)cc3)c(N)n2)CC1.O.O.O.O.O.O.O. The van der Waals surface area contributed by atoms with Crippen LogP contribution in [0.25, 0.3) is 0 Å². The summed E-state index contributed by atoms with van der Waals surface area (Å²) in [5, 5.41) is 0.609. The van der Waals surface area contributed by atoms with Crippen molar-refractivity contribution in [2.45, 2.75) is 11.6 Å². The van der Waals surface area contributed by atoms with Gasteiger partial charge in [0.15, 0.2) is 5.16 Å². The number of anilines is 2. The number of aromatic nitrogens is 2. The molecule has 0 aliphatic carbocycles. The molecule has 2 heterocycles. The molecule has 3 rings (SSSR count). The first-order chi connectivity index (χ1) is 14.4. The fraction of sp³-hybridized carbons (Fsp3) is 0.524. The van der Waals surface area contributed by atoms with E-state index in [0.717, 1.165) is 57.1 Å². The quantitative estimate of drug-likeness (QED) is 0.224. The van der Waals surface area contributed by atoms with Gasteiger partial charge in [0, 0.05) is 63.6 Å². The van der Waals surface area contributed by atoms with Gasteiger partial charge in [0.2, 0.25) is 0 Å². The van der Waals surface area contributed by atoms with Crippen LogP contribution in [0.5, 0.6) is 0 Å². The van der Waals surface area contributed by atoms with Crippen LogP contribution in [0.1, 0.15) is 11.1 Å². The maximum Gasteiger partial charge on any atom is 0.191 e. The molecule has 1 saturated heterocycles. The lowest BCUT2D eigenvalue weighted by atomic mass is 10.1. The van der Waals surface area contributed by atoms with Crippen LogP contribution in [0, 0.1) is 5.82 Å². The molecule has 220 valence electrons. The van der Waals surface area contributed by atoms with Crippen molar-refractivity contribution < 1.29 is 42.7 Å². The normalized spacial score (nSPS) is 12.8. The molecule has 1 aliphatic rings. The standard InChI is InChI=1S/C21H32FN7S.7H2O/c1-27(2)7-8-28-9-11-29(12-10-28)13-14-30-21-25-19(23)18(20(24)26-21)15-16-3-5-17(22)6-4-16;;;;;;;/h3-6H,7-15H2,1-2H3,(H4,23,24,25,26);7*1H2. The first kappa shape index (κ1) is 44.8. The monoisotopic (exact) mass is 559 g/mol. The largest absolute Gasteiger partial charge is 0.412 e. The molecule has 1 aromatic heterocycles.